The molecule has 0 aromatic heterocycles. The summed E-state index contributed by atoms with van der Waals surface area (Å²) in [5.41, 5.74) is 1.58. The summed E-state index contributed by atoms with van der Waals surface area (Å²) >= 11 is 0. The molecule has 0 amide bonds. The van der Waals surface area contributed by atoms with E-state index in [-0.39, 0.29) is 11.7 Å². The van der Waals surface area contributed by atoms with Crippen molar-refractivity contribution < 1.29 is 10.2 Å². The predicted molar refractivity (Wildman–Crippen MR) is 52.6 cm³/mol. The number of aryl methyl sites for hydroxylation is 1. The molecular formula is C11H16O2. The number of aromatic hydroxyl groups is 1. The molecule has 1 aromatic carbocycles. The van der Waals surface area contributed by atoms with Gasteiger partial charge >= 0.3 is 0 Å². The Labute approximate surface area is 78.8 Å². The average molecular weight is 180 g/mol. The van der Waals surface area contributed by atoms with Gasteiger partial charge in [-0.2, -0.15) is 0 Å². The van der Waals surface area contributed by atoms with Gasteiger partial charge in [0.1, 0.15) is 5.75 Å². The van der Waals surface area contributed by atoms with Gasteiger partial charge in [-0.25, -0.2) is 0 Å². The Bertz CT molecular complexity index is 272. The van der Waals surface area contributed by atoms with Crippen molar-refractivity contribution in [1.82, 2.24) is 0 Å². The van der Waals surface area contributed by atoms with Crippen LogP contribution in [0.3, 0.4) is 0 Å². The fourth-order valence-corrected chi connectivity index (χ4v) is 1.38. The zero-order chi connectivity index (χ0) is 10.0. The molecule has 1 unspecified atom stereocenters. The molecule has 0 bridgehead atoms. The van der Waals surface area contributed by atoms with E-state index in [9.17, 15) is 10.2 Å². The minimum Gasteiger partial charge on any atom is -0.508 e. The van der Waals surface area contributed by atoms with E-state index in [1.165, 1.54) is 0 Å². The Morgan fingerprint density at radius 3 is 2.31 bits per heavy atom. The average Bonchev–Trinajstić information content (AvgIpc) is 2.03. The molecule has 0 fully saturated rings. The van der Waals surface area contributed by atoms with Gasteiger partial charge in [-0.15, -0.1) is 0 Å². The van der Waals surface area contributed by atoms with Crippen molar-refractivity contribution in [2.75, 3.05) is 0 Å². The number of hydrogen-bond acceptors (Lipinski definition) is 2. The van der Waals surface area contributed by atoms with E-state index >= 15 is 0 Å². The molecule has 2 N–H and O–H groups in total. The molecule has 0 aliphatic heterocycles. The summed E-state index contributed by atoms with van der Waals surface area (Å²) < 4.78 is 0. The van der Waals surface area contributed by atoms with E-state index in [0.29, 0.717) is 5.56 Å². The van der Waals surface area contributed by atoms with Crippen molar-refractivity contribution in [3.05, 3.63) is 29.3 Å². The van der Waals surface area contributed by atoms with Crippen LogP contribution >= 0.6 is 0 Å². The number of hydrogen-bond donors (Lipinski definition) is 2. The standard InChI is InChI=1S/C11H16O2/c1-7(2)11(13)10-8(3)5-4-6-9(10)12/h4-7,11-13H,1-3H3. The van der Waals surface area contributed by atoms with Crippen molar-refractivity contribution in [3.8, 4) is 5.75 Å². The number of phenols is 1. The van der Waals surface area contributed by atoms with Gasteiger partial charge in [-0.05, 0) is 24.5 Å². The van der Waals surface area contributed by atoms with Gasteiger partial charge in [-0.1, -0.05) is 26.0 Å². The van der Waals surface area contributed by atoms with Crippen molar-refractivity contribution in [2.24, 2.45) is 5.92 Å². The maximum atomic E-state index is 9.80. The molecule has 0 aliphatic rings. The molecule has 13 heavy (non-hydrogen) atoms. The van der Waals surface area contributed by atoms with E-state index < -0.39 is 6.10 Å². The Morgan fingerprint density at radius 1 is 1.23 bits per heavy atom. The highest BCUT2D eigenvalue weighted by Crippen LogP contribution is 2.31. The predicted octanol–water partition coefficient (Wildman–Crippen LogP) is 2.39. The van der Waals surface area contributed by atoms with Crippen molar-refractivity contribution in [3.63, 3.8) is 0 Å². The highest BCUT2D eigenvalue weighted by molar-refractivity contribution is 5.40. The second-order valence-electron chi connectivity index (χ2n) is 3.70. The van der Waals surface area contributed by atoms with Crippen LogP contribution in [-0.4, -0.2) is 10.2 Å². The second kappa shape index (κ2) is 3.79. The monoisotopic (exact) mass is 180 g/mol. The van der Waals surface area contributed by atoms with Crippen LogP contribution in [0.4, 0.5) is 0 Å². The SMILES string of the molecule is Cc1cccc(O)c1C(O)C(C)C. The molecule has 72 valence electrons. The third kappa shape index (κ3) is 2.01. The summed E-state index contributed by atoms with van der Waals surface area (Å²) in [7, 11) is 0. The van der Waals surface area contributed by atoms with Crippen molar-refractivity contribution >= 4 is 0 Å². The van der Waals surface area contributed by atoms with Crippen LogP contribution < -0.4 is 0 Å². The van der Waals surface area contributed by atoms with Crippen LogP contribution in [0, 0.1) is 12.8 Å². The zero-order valence-corrected chi connectivity index (χ0v) is 8.28. The summed E-state index contributed by atoms with van der Waals surface area (Å²) in [5, 5.41) is 19.4. The number of rotatable bonds is 2. The van der Waals surface area contributed by atoms with E-state index in [1.54, 1.807) is 12.1 Å². The first-order valence-corrected chi connectivity index (χ1v) is 4.50. The molecule has 0 spiro atoms. The smallest absolute Gasteiger partial charge is 0.121 e. The first-order valence-electron chi connectivity index (χ1n) is 4.50. The topological polar surface area (TPSA) is 40.5 Å². The van der Waals surface area contributed by atoms with Gasteiger partial charge in [0, 0.05) is 5.56 Å². The summed E-state index contributed by atoms with van der Waals surface area (Å²) in [4.78, 5) is 0. The van der Waals surface area contributed by atoms with E-state index in [4.69, 9.17) is 0 Å². The first kappa shape index (κ1) is 10.1. The van der Waals surface area contributed by atoms with Crippen molar-refractivity contribution in [1.29, 1.82) is 0 Å². The molecule has 0 heterocycles. The first-order chi connectivity index (χ1) is 6.04. The van der Waals surface area contributed by atoms with Gasteiger partial charge in [0.25, 0.3) is 0 Å². The van der Waals surface area contributed by atoms with Crippen molar-refractivity contribution in [2.45, 2.75) is 26.9 Å². The van der Waals surface area contributed by atoms with E-state index in [1.807, 2.05) is 26.8 Å². The molecule has 0 saturated carbocycles. The van der Waals surface area contributed by atoms with Crippen LogP contribution in [0.2, 0.25) is 0 Å². The lowest BCUT2D eigenvalue weighted by Gasteiger charge is -2.18. The van der Waals surface area contributed by atoms with E-state index in [2.05, 4.69) is 0 Å². The number of aliphatic hydroxyl groups excluding tert-OH is 1. The number of benzene rings is 1. The molecule has 0 aliphatic carbocycles. The Balaban J connectivity index is 3.12. The molecule has 2 nitrogen and oxygen atoms in total. The van der Waals surface area contributed by atoms with Crippen LogP contribution in [0.5, 0.6) is 5.75 Å². The summed E-state index contributed by atoms with van der Waals surface area (Å²) in [5.74, 6) is 0.299. The third-order valence-electron chi connectivity index (χ3n) is 2.23. The minimum absolute atomic E-state index is 0.118. The Morgan fingerprint density at radius 2 is 1.85 bits per heavy atom. The van der Waals surface area contributed by atoms with Crippen LogP contribution in [0.1, 0.15) is 31.1 Å². The molecule has 2 heteroatoms. The van der Waals surface area contributed by atoms with Crippen LogP contribution in [0.25, 0.3) is 0 Å². The summed E-state index contributed by atoms with van der Waals surface area (Å²) in [6.07, 6.45) is -0.582. The lowest BCUT2D eigenvalue weighted by molar-refractivity contribution is 0.123. The fourth-order valence-electron chi connectivity index (χ4n) is 1.38. The third-order valence-corrected chi connectivity index (χ3v) is 2.23. The normalized spacial score (nSPS) is 13.3. The molecule has 1 rings (SSSR count). The summed E-state index contributed by atoms with van der Waals surface area (Å²) in [6, 6.07) is 5.27. The van der Waals surface area contributed by atoms with Crippen LogP contribution in [0.15, 0.2) is 18.2 Å². The molecular weight excluding hydrogens is 164 g/mol. The lowest BCUT2D eigenvalue weighted by Crippen LogP contribution is -2.07. The fraction of sp³-hybridized carbons (Fsp3) is 0.455. The van der Waals surface area contributed by atoms with Gasteiger partial charge in [0.05, 0.1) is 6.10 Å². The number of phenolic OH excluding ortho intramolecular Hbond substituents is 1. The van der Waals surface area contributed by atoms with Gasteiger partial charge < -0.3 is 10.2 Å². The molecule has 1 aromatic rings. The van der Waals surface area contributed by atoms with Gasteiger partial charge in [0.15, 0.2) is 0 Å². The van der Waals surface area contributed by atoms with Gasteiger partial charge in [0.2, 0.25) is 0 Å². The maximum absolute atomic E-state index is 9.80. The molecule has 1 atom stereocenters. The Hall–Kier alpha value is -1.02. The lowest BCUT2D eigenvalue weighted by atomic mass is 9.94. The quantitative estimate of drug-likeness (QED) is 0.733. The maximum Gasteiger partial charge on any atom is 0.121 e. The molecule has 0 radical (unpaired) electrons. The largest absolute Gasteiger partial charge is 0.508 e. The zero-order valence-electron chi connectivity index (χ0n) is 8.28. The highest BCUT2D eigenvalue weighted by atomic mass is 16.3. The highest BCUT2D eigenvalue weighted by Gasteiger charge is 2.17. The van der Waals surface area contributed by atoms with Crippen LogP contribution in [-0.2, 0) is 0 Å². The molecule has 0 saturated heterocycles. The number of aliphatic hydroxyl groups is 1. The Kier molecular flexibility index (Phi) is 2.94. The van der Waals surface area contributed by atoms with E-state index in [0.717, 1.165) is 5.56 Å². The van der Waals surface area contributed by atoms with Gasteiger partial charge in [-0.3, -0.25) is 0 Å². The second-order valence-corrected chi connectivity index (χ2v) is 3.70. The summed E-state index contributed by atoms with van der Waals surface area (Å²) in [6.45, 7) is 5.74. The minimum atomic E-state index is -0.582.